The van der Waals surface area contributed by atoms with Crippen LogP contribution in [0.3, 0.4) is 0 Å². The zero-order valence-corrected chi connectivity index (χ0v) is 13.6. The van der Waals surface area contributed by atoms with Crippen molar-refractivity contribution >= 4 is 21.6 Å². The van der Waals surface area contributed by atoms with E-state index in [1.54, 1.807) is 4.31 Å². The Kier molecular flexibility index (Phi) is 9.21. The second-order valence-corrected chi connectivity index (χ2v) is 7.73. The fourth-order valence-corrected chi connectivity index (χ4v) is 3.47. The lowest BCUT2D eigenvalue weighted by atomic mass is 10.2. The minimum absolute atomic E-state index is 0.208. The molecular weight excluding hydrogens is 272 g/mol. The van der Waals surface area contributed by atoms with Crippen molar-refractivity contribution in [3.05, 3.63) is 0 Å². The highest BCUT2D eigenvalue weighted by molar-refractivity contribution is 7.89. The number of unbranched alkanes of at least 4 members (excludes halogenated alkanes) is 1. The lowest BCUT2D eigenvalue weighted by Crippen LogP contribution is -2.40. The molecule has 0 amide bonds. The predicted molar refractivity (Wildman–Crippen MR) is 78.7 cm³/mol. The summed E-state index contributed by atoms with van der Waals surface area (Å²) in [6.45, 7) is 5.99. The quantitative estimate of drug-likeness (QED) is 0.456. The van der Waals surface area contributed by atoms with Gasteiger partial charge in [0, 0.05) is 25.5 Å². The van der Waals surface area contributed by atoms with Gasteiger partial charge in [-0.3, -0.25) is 0 Å². The molecule has 0 fully saturated rings. The van der Waals surface area contributed by atoms with E-state index < -0.39 is 10.0 Å². The standard InChI is InChI=1S/C12H27ClN2O2S/c1-12(2)11-15(9-8-14(3)4)18(16,17)10-6-5-7-13/h12H,5-11H2,1-4H3. The number of sulfonamides is 1. The molecule has 0 unspecified atom stereocenters. The Bertz CT molecular complexity index is 305. The number of hydrogen-bond acceptors (Lipinski definition) is 3. The van der Waals surface area contributed by atoms with Crippen molar-refractivity contribution in [2.24, 2.45) is 5.92 Å². The van der Waals surface area contributed by atoms with E-state index in [1.807, 2.05) is 32.8 Å². The Morgan fingerprint density at radius 3 is 2.17 bits per heavy atom. The first-order valence-corrected chi connectivity index (χ1v) is 8.62. The third-order valence-corrected chi connectivity index (χ3v) is 4.73. The van der Waals surface area contributed by atoms with Gasteiger partial charge >= 0.3 is 0 Å². The van der Waals surface area contributed by atoms with Gasteiger partial charge in [-0.1, -0.05) is 13.8 Å². The van der Waals surface area contributed by atoms with Crippen LogP contribution < -0.4 is 0 Å². The Labute approximate surface area is 117 Å². The van der Waals surface area contributed by atoms with Crippen molar-refractivity contribution in [3.63, 3.8) is 0 Å². The van der Waals surface area contributed by atoms with E-state index >= 15 is 0 Å². The van der Waals surface area contributed by atoms with E-state index in [0.29, 0.717) is 31.3 Å². The maximum Gasteiger partial charge on any atom is 0.214 e. The summed E-state index contributed by atoms with van der Waals surface area (Å²) in [5.41, 5.74) is 0. The SMILES string of the molecule is CC(C)CN(CCN(C)C)S(=O)(=O)CCCCCl. The second-order valence-electron chi connectivity index (χ2n) is 5.27. The first kappa shape index (κ1) is 18.2. The summed E-state index contributed by atoms with van der Waals surface area (Å²) in [4.78, 5) is 2.00. The van der Waals surface area contributed by atoms with Crippen LogP contribution in [0.2, 0.25) is 0 Å². The first-order valence-electron chi connectivity index (χ1n) is 6.48. The van der Waals surface area contributed by atoms with Crippen LogP contribution in [-0.4, -0.2) is 63.0 Å². The number of halogens is 1. The van der Waals surface area contributed by atoms with Gasteiger partial charge in [-0.2, -0.15) is 0 Å². The molecular formula is C12H27ClN2O2S. The molecule has 0 rings (SSSR count). The fourth-order valence-electron chi connectivity index (χ4n) is 1.57. The molecule has 110 valence electrons. The smallest absolute Gasteiger partial charge is 0.214 e. The van der Waals surface area contributed by atoms with Gasteiger partial charge in [-0.15, -0.1) is 11.6 Å². The molecule has 0 aliphatic heterocycles. The molecule has 0 aromatic rings. The van der Waals surface area contributed by atoms with Crippen molar-refractivity contribution in [1.29, 1.82) is 0 Å². The van der Waals surface area contributed by atoms with Crippen LogP contribution in [0.25, 0.3) is 0 Å². The van der Waals surface area contributed by atoms with Gasteiger partial charge in [0.2, 0.25) is 10.0 Å². The van der Waals surface area contributed by atoms with E-state index in [1.165, 1.54) is 0 Å². The van der Waals surface area contributed by atoms with Crippen molar-refractivity contribution in [3.8, 4) is 0 Å². The van der Waals surface area contributed by atoms with E-state index in [4.69, 9.17) is 11.6 Å². The molecule has 0 aromatic heterocycles. The topological polar surface area (TPSA) is 40.6 Å². The third-order valence-electron chi connectivity index (χ3n) is 2.54. The number of alkyl halides is 1. The molecule has 0 N–H and O–H groups in total. The lowest BCUT2D eigenvalue weighted by molar-refractivity contribution is 0.312. The third kappa shape index (κ3) is 8.29. The van der Waals surface area contributed by atoms with Crippen LogP contribution in [0.1, 0.15) is 26.7 Å². The Morgan fingerprint density at radius 2 is 1.72 bits per heavy atom. The van der Waals surface area contributed by atoms with Crippen LogP contribution in [0.15, 0.2) is 0 Å². The van der Waals surface area contributed by atoms with Gasteiger partial charge in [0.15, 0.2) is 0 Å². The molecule has 18 heavy (non-hydrogen) atoms. The summed E-state index contributed by atoms with van der Waals surface area (Å²) >= 11 is 5.58. The number of rotatable bonds is 10. The lowest BCUT2D eigenvalue weighted by Gasteiger charge is -2.25. The molecule has 0 saturated carbocycles. The van der Waals surface area contributed by atoms with Crippen LogP contribution in [0.5, 0.6) is 0 Å². The number of nitrogens with zero attached hydrogens (tertiary/aromatic N) is 2. The Morgan fingerprint density at radius 1 is 1.11 bits per heavy atom. The van der Waals surface area contributed by atoms with Crippen LogP contribution >= 0.6 is 11.6 Å². The summed E-state index contributed by atoms with van der Waals surface area (Å²) in [5.74, 6) is 1.08. The highest BCUT2D eigenvalue weighted by Gasteiger charge is 2.22. The summed E-state index contributed by atoms with van der Waals surface area (Å²) in [6.07, 6.45) is 1.40. The molecule has 6 heteroatoms. The van der Waals surface area contributed by atoms with E-state index in [2.05, 4.69) is 0 Å². The summed E-state index contributed by atoms with van der Waals surface area (Å²) in [7, 11) is 0.767. The van der Waals surface area contributed by atoms with Gasteiger partial charge in [0.05, 0.1) is 5.75 Å². The molecule has 0 radical (unpaired) electrons. The minimum atomic E-state index is -3.14. The van der Waals surface area contributed by atoms with Crippen molar-refractivity contribution in [2.75, 3.05) is 45.4 Å². The summed E-state index contributed by atoms with van der Waals surface area (Å²) < 4.78 is 26.1. The van der Waals surface area contributed by atoms with Gasteiger partial charge < -0.3 is 4.90 Å². The fraction of sp³-hybridized carbons (Fsp3) is 1.00. The van der Waals surface area contributed by atoms with Gasteiger partial charge in [0.25, 0.3) is 0 Å². The zero-order valence-electron chi connectivity index (χ0n) is 12.0. The first-order chi connectivity index (χ1) is 8.29. The Hall–Kier alpha value is 0.160. The maximum absolute atomic E-state index is 12.2. The normalized spacial score (nSPS) is 12.9. The Balaban J connectivity index is 4.50. The van der Waals surface area contributed by atoms with E-state index in [9.17, 15) is 8.42 Å². The van der Waals surface area contributed by atoms with Crippen molar-refractivity contribution in [2.45, 2.75) is 26.7 Å². The molecule has 0 aliphatic carbocycles. The number of likely N-dealkylation sites (N-methyl/N-ethyl adjacent to an activating group) is 1. The molecule has 4 nitrogen and oxygen atoms in total. The molecule has 0 aliphatic rings. The molecule has 0 bridgehead atoms. The molecule has 0 heterocycles. The second kappa shape index (κ2) is 9.13. The molecule has 0 saturated heterocycles. The minimum Gasteiger partial charge on any atom is -0.308 e. The zero-order chi connectivity index (χ0) is 14.2. The van der Waals surface area contributed by atoms with Crippen LogP contribution in [0, 0.1) is 5.92 Å². The predicted octanol–water partition coefficient (Wildman–Crippen LogP) is 1.85. The highest BCUT2D eigenvalue weighted by atomic mass is 35.5. The average Bonchev–Trinajstić information content (AvgIpc) is 2.23. The van der Waals surface area contributed by atoms with Crippen LogP contribution in [0.4, 0.5) is 0 Å². The van der Waals surface area contributed by atoms with Gasteiger partial charge in [0.1, 0.15) is 0 Å². The van der Waals surface area contributed by atoms with Gasteiger partial charge in [-0.05, 0) is 32.9 Å². The van der Waals surface area contributed by atoms with Gasteiger partial charge in [-0.25, -0.2) is 12.7 Å². The summed E-state index contributed by atoms with van der Waals surface area (Å²) in [5, 5.41) is 0. The summed E-state index contributed by atoms with van der Waals surface area (Å²) in [6, 6.07) is 0. The van der Waals surface area contributed by atoms with Crippen molar-refractivity contribution < 1.29 is 8.42 Å². The molecule has 0 spiro atoms. The average molecular weight is 299 g/mol. The van der Waals surface area contributed by atoms with E-state index in [-0.39, 0.29) is 5.75 Å². The van der Waals surface area contributed by atoms with Crippen molar-refractivity contribution in [1.82, 2.24) is 9.21 Å². The highest BCUT2D eigenvalue weighted by Crippen LogP contribution is 2.09. The molecule has 0 atom stereocenters. The largest absolute Gasteiger partial charge is 0.308 e. The molecule has 0 aromatic carbocycles. The van der Waals surface area contributed by atoms with Crippen LogP contribution in [-0.2, 0) is 10.0 Å². The monoisotopic (exact) mass is 298 g/mol. The van der Waals surface area contributed by atoms with E-state index in [0.717, 1.165) is 13.0 Å². The number of hydrogen-bond donors (Lipinski definition) is 0. The maximum atomic E-state index is 12.2.